The van der Waals surface area contributed by atoms with Crippen LogP contribution in [-0.4, -0.2) is 24.3 Å². The first-order valence-corrected chi connectivity index (χ1v) is 8.64. The maximum absolute atomic E-state index is 10.9. The SMILES string of the molecule is COc1cc(C=C(C#N)c2ccc(C(=O)O)cc2)cc(Br)c1OC(C)C. The van der Waals surface area contributed by atoms with E-state index < -0.39 is 5.97 Å². The molecule has 5 nitrogen and oxygen atoms in total. The van der Waals surface area contributed by atoms with Crippen molar-refractivity contribution in [2.24, 2.45) is 0 Å². The van der Waals surface area contributed by atoms with Gasteiger partial charge in [0.05, 0.1) is 34.9 Å². The lowest BCUT2D eigenvalue weighted by molar-refractivity contribution is 0.0697. The lowest BCUT2D eigenvalue weighted by atomic mass is 10.0. The van der Waals surface area contributed by atoms with Gasteiger partial charge in [-0.15, -0.1) is 0 Å². The van der Waals surface area contributed by atoms with Gasteiger partial charge in [-0.05, 0) is 71.2 Å². The monoisotopic (exact) mass is 415 g/mol. The Labute approximate surface area is 160 Å². The van der Waals surface area contributed by atoms with Gasteiger partial charge >= 0.3 is 5.97 Å². The third-order valence-electron chi connectivity index (χ3n) is 3.48. The van der Waals surface area contributed by atoms with Gasteiger partial charge in [0, 0.05) is 0 Å². The van der Waals surface area contributed by atoms with Crippen LogP contribution in [0.4, 0.5) is 0 Å². The molecule has 134 valence electrons. The Morgan fingerprint density at radius 3 is 2.35 bits per heavy atom. The number of carboxylic acid groups (broad SMARTS) is 1. The van der Waals surface area contributed by atoms with Gasteiger partial charge in [0.25, 0.3) is 0 Å². The molecule has 0 saturated carbocycles. The minimum atomic E-state index is -1.01. The average Bonchev–Trinajstić information content (AvgIpc) is 2.61. The maximum Gasteiger partial charge on any atom is 0.335 e. The molecule has 2 aromatic carbocycles. The van der Waals surface area contributed by atoms with Crippen molar-refractivity contribution in [2.45, 2.75) is 20.0 Å². The summed E-state index contributed by atoms with van der Waals surface area (Å²) < 4.78 is 11.9. The van der Waals surface area contributed by atoms with Gasteiger partial charge in [0.1, 0.15) is 0 Å². The number of rotatable bonds is 6. The first-order valence-electron chi connectivity index (χ1n) is 7.85. The standard InChI is InChI=1S/C20H18BrNO4/c1-12(2)26-19-17(21)9-13(10-18(19)25-3)8-16(11-22)14-4-6-15(7-5-14)20(23)24/h4-10,12H,1-3H3,(H,23,24). The topological polar surface area (TPSA) is 79.5 Å². The number of carbonyl (C=O) groups is 1. The zero-order valence-corrected chi connectivity index (χ0v) is 16.2. The minimum absolute atomic E-state index is 0.0102. The lowest BCUT2D eigenvalue weighted by Gasteiger charge is -2.16. The molecule has 0 amide bonds. The number of ether oxygens (including phenoxy) is 2. The number of hydrogen-bond donors (Lipinski definition) is 1. The Morgan fingerprint density at radius 2 is 1.85 bits per heavy atom. The second-order valence-electron chi connectivity index (χ2n) is 5.75. The molecule has 0 heterocycles. The van der Waals surface area contributed by atoms with E-state index in [9.17, 15) is 10.1 Å². The predicted octanol–water partition coefficient (Wildman–Crippen LogP) is 5.01. The molecule has 6 heteroatoms. The van der Waals surface area contributed by atoms with Crippen LogP contribution in [0.5, 0.6) is 11.5 Å². The van der Waals surface area contributed by atoms with Crippen molar-refractivity contribution in [1.29, 1.82) is 5.26 Å². The Hall–Kier alpha value is -2.78. The fraction of sp³-hybridized carbons (Fsp3) is 0.200. The zero-order valence-electron chi connectivity index (χ0n) is 14.6. The van der Waals surface area contributed by atoms with E-state index in [1.54, 1.807) is 31.4 Å². The van der Waals surface area contributed by atoms with E-state index in [2.05, 4.69) is 22.0 Å². The second kappa shape index (κ2) is 8.54. The van der Waals surface area contributed by atoms with E-state index in [1.165, 1.54) is 12.1 Å². The third kappa shape index (κ3) is 4.64. The number of nitriles is 1. The normalized spacial score (nSPS) is 11.2. The number of carboxylic acids is 1. The van der Waals surface area contributed by atoms with Crippen LogP contribution in [0, 0.1) is 11.3 Å². The van der Waals surface area contributed by atoms with E-state index in [0.29, 0.717) is 22.6 Å². The van der Waals surface area contributed by atoms with Gasteiger partial charge in [-0.25, -0.2) is 4.79 Å². The molecule has 2 aromatic rings. The first kappa shape index (κ1) is 19.5. The van der Waals surface area contributed by atoms with Crippen LogP contribution >= 0.6 is 15.9 Å². The fourth-order valence-corrected chi connectivity index (χ4v) is 2.87. The molecule has 0 radical (unpaired) electrons. The van der Waals surface area contributed by atoms with Crippen molar-refractivity contribution in [3.8, 4) is 17.6 Å². The van der Waals surface area contributed by atoms with Gasteiger partial charge in [-0.1, -0.05) is 12.1 Å². The number of allylic oxidation sites excluding steroid dienone is 1. The Bertz CT molecular complexity index is 880. The van der Waals surface area contributed by atoms with Crippen LogP contribution < -0.4 is 9.47 Å². The Morgan fingerprint density at radius 1 is 1.23 bits per heavy atom. The van der Waals surface area contributed by atoms with Crippen LogP contribution in [0.2, 0.25) is 0 Å². The maximum atomic E-state index is 10.9. The van der Waals surface area contributed by atoms with E-state index in [0.717, 1.165) is 10.0 Å². The molecule has 0 aliphatic heterocycles. The van der Waals surface area contributed by atoms with E-state index in [-0.39, 0.29) is 11.7 Å². The van der Waals surface area contributed by atoms with E-state index >= 15 is 0 Å². The van der Waals surface area contributed by atoms with Crippen LogP contribution in [0.1, 0.15) is 35.3 Å². The van der Waals surface area contributed by atoms with Crippen molar-refractivity contribution in [3.05, 3.63) is 57.6 Å². The summed E-state index contributed by atoms with van der Waals surface area (Å²) in [4.78, 5) is 10.9. The first-order chi connectivity index (χ1) is 12.3. The highest BCUT2D eigenvalue weighted by Crippen LogP contribution is 2.38. The average molecular weight is 416 g/mol. The number of methoxy groups -OCH3 is 1. The summed E-state index contributed by atoms with van der Waals surface area (Å²) in [7, 11) is 1.55. The van der Waals surface area contributed by atoms with E-state index in [4.69, 9.17) is 14.6 Å². The summed E-state index contributed by atoms with van der Waals surface area (Å²) >= 11 is 3.48. The lowest BCUT2D eigenvalue weighted by Crippen LogP contribution is -2.07. The van der Waals surface area contributed by atoms with Crippen molar-refractivity contribution in [3.63, 3.8) is 0 Å². The molecule has 0 spiro atoms. The molecular weight excluding hydrogens is 398 g/mol. The number of halogens is 1. The van der Waals surface area contributed by atoms with Crippen LogP contribution in [0.15, 0.2) is 40.9 Å². The van der Waals surface area contributed by atoms with Crippen LogP contribution in [0.25, 0.3) is 11.6 Å². The summed E-state index contributed by atoms with van der Waals surface area (Å²) in [5.41, 5.74) is 1.97. The fourth-order valence-electron chi connectivity index (χ4n) is 2.31. The Kier molecular flexibility index (Phi) is 6.42. The molecule has 0 aromatic heterocycles. The molecule has 2 rings (SSSR count). The van der Waals surface area contributed by atoms with Gasteiger partial charge in [0.15, 0.2) is 11.5 Å². The molecule has 26 heavy (non-hydrogen) atoms. The molecular formula is C20H18BrNO4. The van der Waals surface area contributed by atoms with Gasteiger partial charge in [0.2, 0.25) is 0 Å². The highest BCUT2D eigenvalue weighted by atomic mass is 79.9. The molecule has 0 atom stereocenters. The number of benzene rings is 2. The number of hydrogen-bond acceptors (Lipinski definition) is 4. The highest BCUT2D eigenvalue weighted by Gasteiger charge is 2.13. The summed E-state index contributed by atoms with van der Waals surface area (Å²) in [6, 6.07) is 11.9. The molecule has 0 aliphatic rings. The number of aromatic carboxylic acids is 1. The number of nitrogens with zero attached hydrogens (tertiary/aromatic N) is 1. The summed E-state index contributed by atoms with van der Waals surface area (Å²) in [5, 5.41) is 18.5. The smallest absolute Gasteiger partial charge is 0.335 e. The van der Waals surface area contributed by atoms with Gasteiger partial charge in [-0.2, -0.15) is 5.26 Å². The highest BCUT2D eigenvalue weighted by molar-refractivity contribution is 9.10. The largest absolute Gasteiger partial charge is 0.493 e. The third-order valence-corrected chi connectivity index (χ3v) is 4.07. The van der Waals surface area contributed by atoms with Crippen molar-refractivity contribution in [2.75, 3.05) is 7.11 Å². The molecule has 0 unspecified atom stereocenters. The second-order valence-corrected chi connectivity index (χ2v) is 6.61. The van der Waals surface area contributed by atoms with Crippen molar-refractivity contribution in [1.82, 2.24) is 0 Å². The summed E-state index contributed by atoms with van der Waals surface area (Å²) in [6.45, 7) is 3.85. The van der Waals surface area contributed by atoms with Crippen LogP contribution in [-0.2, 0) is 0 Å². The molecule has 0 aliphatic carbocycles. The Balaban J connectivity index is 2.44. The predicted molar refractivity (Wildman–Crippen MR) is 103 cm³/mol. The minimum Gasteiger partial charge on any atom is -0.493 e. The van der Waals surface area contributed by atoms with Gasteiger partial charge < -0.3 is 14.6 Å². The van der Waals surface area contributed by atoms with Crippen molar-refractivity contribution >= 4 is 33.5 Å². The van der Waals surface area contributed by atoms with Gasteiger partial charge in [-0.3, -0.25) is 0 Å². The van der Waals surface area contributed by atoms with Crippen LogP contribution in [0.3, 0.4) is 0 Å². The van der Waals surface area contributed by atoms with E-state index in [1.807, 2.05) is 19.9 Å². The molecule has 0 saturated heterocycles. The summed E-state index contributed by atoms with van der Waals surface area (Å²) in [5.74, 6) is 0.148. The molecule has 0 fully saturated rings. The quantitative estimate of drug-likeness (QED) is 0.529. The summed E-state index contributed by atoms with van der Waals surface area (Å²) in [6.07, 6.45) is 1.70. The molecule has 1 N–H and O–H groups in total. The zero-order chi connectivity index (χ0) is 19.3. The van der Waals surface area contributed by atoms with Crippen molar-refractivity contribution < 1.29 is 19.4 Å². The molecule has 0 bridgehead atoms.